The fraction of sp³-hybridized carbons (Fsp3) is 0.409. The number of nitrogens with one attached hydrogen (secondary N) is 1. The van der Waals surface area contributed by atoms with Gasteiger partial charge in [-0.1, -0.05) is 43.5 Å². The second-order valence-corrected chi connectivity index (χ2v) is 9.52. The molecule has 5 nitrogen and oxygen atoms in total. The van der Waals surface area contributed by atoms with Crippen molar-refractivity contribution in [3.63, 3.8) is 0 Å². The smallest absolute Gasteiger partial charge is 0.264 e. The van der Waals surface area contributed by atoms with E-state index >= 15 is 0 Å². The molecule has 1 aliphatic heterocycles. The lowest BCUT2D eigenvalue weighted by Gasteiger charge is -2.31. The van der Waals surface area contributed by atoms with Crippen LogP contribution in [0.25, 0.3) is 0 Å². The van der Waals surface area contributed by atoms with Gasteiger partial charge in [0.05, 0.1) is 10.6 Å². The highest BCUT2D eigenvalue weighted by Crippen LogP contribution is 2.34. The highest BCUT2D eigenvalue weighted by molar-refractivity contribution is 7.92. The number of anilines is 2. The minimum atomic E-state index is -3.62. The van der Waals surface area contributed by atoms with Gasteiger partial charge in [0.2, 0.25) is 5.91 Å². The van der Waals surface area contributed by atoms with E-state index in [0.29, 0.717) is 22.8 Å². The number of carbonyl (C=O) groups excluding carboxylic acids is 1. The number of carbonyl (C=O) groups is 1. The molecule has 1 saturated carbocycles. The van der Waals surface area contributed by atoms with Gasteiger partial charge in [-0.15, -0.1) is 0 Å². The Kier molecular flexibility index (Phi) is 5.40. The van der Waals surface area contributed by atoms with Gasteiger partial charge in [-0.25, -0.2) is 8.42 Å². The van der Waals surface area contributed by atoms with Gasteiger partial charge < -0.3 is 5.32 Å². The van der Waals surface area contributed by atoms with Crippen molar-refractivity contribution >= 4 is 27.3 Å². The monoisotopic (exact) mass is 398 g/mol. The van der Waals surface area contributed by atoms with Crippen LogP contribution in [-0.2, 0) is 21.2 Å². The zero-order valence-corrected chi connectivity index (χ0v) is 16.7. The molecule has 0 atom stereocenters. The van der Waals surface area contributed by atoms with E-state index in [0.717, 1.165) is 44.1 Å². The minimum Gasteiger partial charge on any atom is -0.326 e. The highest BCUT2D eigenvalue weighted by atomic mass is 32.2. The summed E-state index contributed by atoms with van der Waals surface area (Å²) in [5.41, 5.74) is 2.35. The molecule has 1 heterocycles. The van der Waals surface area contributed by atoms with Crippen LogP contribution in [0.4, 0.5) is 11.4 Å². The van der Waals surface area contributed by atoms with Gasteiger partial charge >= 0.3 is 0 Å². The number of aryl methyl sites for hydroxylation is 1. The Labute approximate surface area is 166 Å². The maximum atomic E-state index is 13.2. The maximum absolute atomic E-state index is 13.2. The number of hydrogen-bond donors (Lipinski definition) is 1. The summed E-state index contributed by atoms with van der Waals surface area (Å²) in [4.78, 5) is 12.9. The lowest BCUT2D eigenvalue weighted by molar-refractivity contribution is -0.120. The summed E-state index contributed by atoms with van der Waals surface area (Å²) in [7, 11) is -3.62. The van der Waals surface area contributed by atoms with Crippen LogP contribution in [0.3, 0.4) is 0 Å². The van der Waals surface area contributed by atoms with Crippen molar-refractivity contribution in [2.75, 3.05) is 16.2 Å². The minimum absolute atomic E-state index is 0.0490. The first-order valence-electron chi connectivity index (χ1n) is 10.1. The summed E-state index contributed by atoms with van der Waals surface area (Å²) in [6.45, 7) is 0.449. The largest absolute Gasteiger partial charge is 0.326 e. The van der Waals surface area contributed by atoms with Gasteiger partial charge in [-0.05, 0) is 55.5 Å². The van der Waals surface area contributed by atoms with Gasteiger partial charge in [0.1, 0.15) is 0 Å². The van der Waals surface area contributed by atoms with Gasteiger partial charge in [-0.2, -0.15) is 0 Å². The van der Waals surface area contributed by atoms with E-state index in [9.17, 15) is 13.2 Å². The lowest BCUT2D eigenvalue weighted by Crippen LogP contribution is -2.35. The molecule has 2 aromatic carbocycles. The van der Waals surface area contributed by atoms with E-state index in [-0.39, 0.29) is 11.8 Å². The second-order valence-electron chi connectivity index (χ2n) is 7.66. The van der Waals surface area contributed by atoms with E-state index in [4.69, 9.17) is 0 Å². The molecule has 6 heteroatoms. The molecule has 0 spiro atoms. The van der Waals surface area contributed by atoms with E-state index in [1.807, 2.05) is 24.3 Å². The van der Waals surface area contributed by atoms with Crippen LogP contribution >= 0.6 is 0 Å². The summed E-state index contributed by atoms with van der Waals surface area (Å²) in [5, 5.41) is 3.01. The third-order valence-corrected chi connectivity index (χ3v) is 7.56. The first-order chi connectivity index (χ1) is 13.6. The van der Waals surface area contributed by atoms with E-state index in [2.05, 4.69) is 5.32 Å². The van der Waals surface area contributed by atoms with E-state index in [1.54, 1.807) is 24.3 Å². The molecule has 0 bridgehead atoms. The highest BCUT2D eigenvalue weighted by Gasteiger charge is 2.29. The second kappa shape index (κ2) is 7.95. The topological polar surface area (TPSA) is 66.5 Å². The predicted octanol–water partition coefficient (Wildman–Crippen LogP) is 4.35. The van der Waals surface area contributed by atoms with Crippen LogP contribution in [0, 0.1) is 5.92 Å². The quantitative estimate of drug-likeness (QED) is 0.833. The number of rotatable bonds is 4. The van der Waals surface area contributed by atoms with Crippen LogP contribution in [0.15, 0.2) is 53.4 Å². The molecule has 0 saturated heterocycles. The molecular weight excluding hydrogens is 372 g/mol. The molecule has 0 aromatic heterocycles. The molecule has 2 aliphatic rings. The lowest BCUT2D eigenvalue weighted by atomic mass is 9.88. The molecule has 1 aliphatic carbocycles. The third-order valence-electron chi connectivity index (χ3n) is 5.74. The van der Waals surface area contributed by atoms with Crippen molar-refractivity contribution in [2.45, 2.75) is 49.8 Å². The van der Waals surface area contributed by atoms with Crippen LogP contribution in [0.5, 0.6) is 0 Å². The Balaban J connectivity index is 1.61. The fourth-order valence-corrected chi connectivity index (χ4v) is 5.75. The third kappa shape index (κ3) is 3.78. The van der Waals surface area contributed by atoms with Crippen LogP contribution in [0.2, 0.25) is 0 Å². The Morgan fingerprint density at radius 1 is 0.964 bits per heavy atom. The molecule has 1 N–H and O–H groups in total. The number of hydrogen-bond acceptors (Lipinski definition) is 3. The first-order valence-corrected chi connectivity index (χ1v) is 11.5. The van der Waals surface area contributed by atoms with Crippen molar-refractivity contribution in [1.82, 2.24) is 0 Å². The van der Waals surface area contributed by atoms with Crippen molar-refractivity contribution in [3.8, 4) is 0 Å². The molecular formula is C22H26N2O3S. The average molecular weight is 399 g/mol. The van der Waals surface area contributed by atoms with Crippen molar-refractivity contribution in [2.24, 2.45) is 5.92 Å². The van der Waals surface area contributed by atoms with Crippen LogP contribution in [-0.4, -0.2) is 20.9 Å². The molecule has 28 heavy (non-hydrogen) atoms. The Hall–Kier alpha value is -2.34. The SMILES string of the molecule is O=C(Nc1ccc2c(c1)N(S(=O)(=O)c1ccccc1)CCC2)C1CCCCC1. The number of benzene rings is 2. The standard InChI is InChI=1S/C22H26N2O3S/c25-22(18-8-3-1-4-9-18)23-19-14-13-17-10-7-15-24(21(17)16-19)28(26,27)20-11-5-2-6-12-20/h2,5-6,11-14,16,18H,1,3-4,7-10,15H2,(H,23,25). The number of fused-ring (bicyclic) bond motifs is 1. The summed E-state index contributed by atoms with van der Waals surface area (Å²) in [6.07, 6.45) is 6.90. The first kappa shape index (κ1) is 19.0. The number of sulfonamides is 1. The maximum Gasteiger partial charge on any atom is 0.264 e. The zero-order chi connectivity index (χ0) is 19.6. The summed E-state index contributed by atoms with van der Waals surface area (Å²) in [5.74, 6) is 0.113. The van der Waals surface area contributed by atoms with Gasteiger partial charge in [-0.3, -0.25) is 9.10 Å². The molecule has 4 rings (SSSR count). The van der Waals surface area contributed by atoms with Crippen molar-refractivity contribution in [1.29, 1.82) is 0 Å². The van der Waals surface area contributed by atoms with Crippen LogP contribution in [0.1, 0.15) is 44.1 Å². The van der Waals surface area contributed by atoms with Gasteiger partial charge in [0.15, 0.2) is 0 Å². The van der Waals surface area contributed by atoms with Crippen molar-refractivity contribution < 1.29 is 13.2 Å². The number of amides is 1. The summed E-state index contributed by atoms with van der Waals surface area (Å²) < 4.78 is 27.8. The fourth-order valence-electron chi connectivity index (χ4n) is 4.20. The van der Waals surface area contributed by atoms with E-state index < -0.39 is 10.0 Å². The summed E-state index contributed by atoms with van der Waals surface area (Å²) in [6, 6.07) is 14.2. The molecule has 0 radical (unpaired) electrons. The normalized spacial score (nSPS) is 17.8. The predicted molar refractivity (Wildman–Crippen MR) is 111 cm³/mol. The Morgan fingerprint density at radius 3 is 2.46 bits per heavy atom. The molecule has 148 valence electrons. The van der Waals surface area contributed by atoms with Crippen LogP contribution < -0.4 is 9.62 Å². The molecule has 2 aromatic rings. The van der Waals surface area contributed by atoms with Gasteiger partial charge in [0, 0.05) is 18.2 Å². The average Bonchev–Trinajstić information content (AvgIpc) is 2.74. The molecule has 1 fully saturated rings. The number of nitrogens with zero attached hydrogens (tertiary/aromatic N) is 1. The van der Waals surface area contributed by atoms with E-state index in [1.165, 1.54) is 10.7 Å². The summed E-state index contributed by atoms with van der Waals surface area (Å²) >= 11 is 0. The molecule has 1 amide bonds. The van der Waals surface area contributed by atoms with Crippen molar-refractivity contribution in [3.05, 3.63) is 54.1 Å². The zero-order valence-electron chi connectivity index (χ0n) is 15.9. The Morgan fingerprint density at radius 2 is 1.71 bits per heavy atom. The Bertz CT molecular complexity index is 951. The molecule has 0 unspecified atom stereocenters. The van der Waals surface area contributed by atoms with Gasteiger partial charge in [0.25, 0.3) is 10.0 Å².